The number of amides is 4. The van der Waals surface area contributed by atoms with Gasteiger partial charge >= 0.3 is 124 Å². The van der Waals surface area contributed by atoms with E-state index in [1.165, 1.54) is 97.1 Å². The maximum absolute atomic E-state index is 13.1. The van der Waals surface area contributed by atoms with Crippen LogP contribution in [0.2, 0.25) is 0 Å². The first-order valence-corrected chi connectivity index (χ1v) is 21.8. The fourth-order valence-electron chi connectivity index (χ4n) is 5.93. The molecule has 0 spiro atoms. The van der Waals surface area contributed by atoms with E-state index in [1.54, 1.807) is 0 Å². The first-order chi connectivity index (χ1) is 27.0. The van der Waals surface area contributed by atoms with Crippen LogP contribution in [-0.2, 0) is 40.5 Å². The van der Waals surface area contributed by atoms with Gasteiger partial charge in [0.05, 0.1) is 31.7 Å². The van der Waals surface area contributed by atoms with Crippen molar-refractivity contribution >= 4 is 81.1 Å². The number of nitrogens with zero attached hydrogens (tertiary/aromatic N) is 2. The predicted octanol–water partition coefficient (Wildman–Crippen LogP) is -9.34. The van der Waals surface area contributed by atoms with E-state index in [0.717, 1.165) is 0 Å². The van der Waals surface area contributed by atoms with Crippen molar-refractivity contribution in [3.05, 3.63) is 152 Å². The number of aliphatic imine (C=N–C) groups is 2. The number of fused-ring (bicyclic) bond motifs is 2. The van der Waals surface area contributed by atoms with E-state index in [2.05, 4.69) is 20.6 Å². The van der Waals surface area contributed by atoms with Gasteiger partial charge in [-0.2, -0.15) is 0 Å². The molecule has 0 radical (unpaired) electrons. The third-order valence-electron chi connectivity index (χ3n) is 8.48. The first-order valence-electron chi connectivity index (χ1n) is 16.0. The molecule has 27 heteroatoms. The molecule has 0 aliphatic heterocycles. The van der Waals surface area contributed by atoms with Gasteiger partial charge < -0.3 is 28.8 Å². The quantitative estimate of drug-likeness (QED) is 0.122. The molecular weight excluding hydrogens is 937 g/mol. The number of benzene rings is 4. The van der Waals surface area contributed by atoms with Crippen molar-refractivity contribution in [2.45, 2.75) is 10.5 Å². The molecule has 0 bridgehead atoms. The molecule has 62 heavy (non-hydrogen) atoms. The van der Waals surface area contributed by atoms with Crippen LogP contribution < -0.4 is 129 Å². The minimum Gasteiger partial charge on any atom is -0.747 e. The number of hydrogen-bond donors (Lipinski definition) is 2. The number of carbonyl (C=O) groups is 3. The fourth-order valence-corrected chi connectivity index (χ4v) is 9.13. The van der Waals surface area contributed by atoms with Gasteiger partial charge in [0.2, 0.25) is 0 Å². The Morgan fingerprint density at radius 3 is 1.06 bits per heavy atom. The first kappa shape index (κ1) is 56.1. The summed E-state index contributed by atoms with van der Waals surface area (Å²) in [7, 11) is -21.2. The van der Waals surface area contributed by atoms with E-state index in [-0.39, 0.29) is 163 Å². The van der Waals surface area contributed by atoms with Gasteiger partial charge in [-0.1, -0.05) is 48.5 Å². The number of hydrogen-bond acceptors (Lipinski definition) is 15. The number of allylic oxidation sites excluding steroid dienone is 2. The number of urea groups is 1. The molecule has 4 aromatic rings. The van der Waals surface area contributed by atoms with Crippen LogP contribution in [0.1, 0.15) is 53.5 Å². The van der Waals surface area contributed by atoms with Crippen LogP contribution in [0.5, 0.6) is 0 Å². The van der Waals surface area contributed by atoms with Crippen LogP contribution in [0.3, 0.4) is 0 Å². The molecule has 2 aliphatic rings. The number of carbonyl (C=O) groups excluding carboxylic acids is 3. The van der Waals surface area contributed by atoms with Crippen LogP contribution in [0, 0.1) is 0 Å². The minimum atomic E-state index is -5.43. The average molecular weight is 959 g/mol. The Bertz CT molecular complexity index is 2810. The smallest absolute Gasteiger partial charge is 0.747 e. The second kappa shape index (κ2) is 22.0. The molecule has 6 rings (SSSR count). The number of anilines is 2. The maximum atomic E-state index is 13.1. The average Bonchev–Trinajstić information content (AvgIpc) is 3.13. The summed E-state index contributed by atoms with van der Waals surface area (Å²) in [6, 6.07) is 19.3. The Hall–Kier alpha value is -2.05. The molecule has 4 amide bonds. The van der Waals surface area contributed by atoms with Crippen LogP contribution >= 0.6 is 0 Å². The molecular formula is C35H22N4Na4O15S4. The summed E-state index contributed by atoms with van der Waals surface area (Å²) in [5.41, 5.74) is -2.21. The molecule has 2 atom stereocenters. The minimum absolute atomic E-state index is 0. The zero-order valence-electron chi connectivity index (χ0n) is 32.7. The van der Waals surface area contributed by atoms with Gasteiger partial charge in [0.25, 0.3) is 11.8 Å². The summed E-state index contributed by atoms with van der Waals surface area (Å²) in [5, 5.41) is 0.885. The Balaban J connectivity index is 0.00000331. The van der Waals surface area contributed by atoms with Crippen LogP contribution in [-0.4, -0.2) is 81.2 Å². The molecule has 0 saturated carbocycles. The summed E-state index contributed by atoms with van der Waals surface area (Å²) in [6.07, 6.45) is 0.867. The second-order valence-corrected chi connectivity index (χ2v) is 17.9. The van der Waals surface area contributed by atoms with Gasteiger partial charge in [-0.3, -0.25) is 9.59 Å². The molecule has 2 aliphatic carbocycles. The molecule has 19 nitrogen and oxygen atoms in total. The van der Waals surface area contributed by atoms with Gasteiger partial charge in [0, 0.05) is 33.6 Å². The van der Waals surface area contributed by atoms with E-state index < -0.39 is 90.1 Å². The van der Waals surface area contributed by atoms with Gasteiger partial charge in [-0.05, 0) is 71.8 Å². The SMILES string of the molecule is O=C(Nc1ccc(C(=O)N=C2C(S(=O)(=O)[O-])=CC(S(=O)(=O)[O-])c3ccccc32)cc1)Nc1ccc(C(=O)N=C2C(S(=O)(=O)[O-])=CC(S(=O)(=O)[O-])c3ccccc32)cc1.[Na+].[Na+].[Na+].[Na+]. The topological polar surface area (TPSA) is 329 Å². The Kier molecular flexibility index (Phi) is 19.9. The molecule has 0 heterocycles. The predicted molar refractivity (Wildman–Crippen MR) is 201 cm³/mol. The monoisotopic (exact) mass is 958 g/mol. The van der Waals surface area contributed by atoms with Gasteiger partial charge in [0.1, 0.15) is 40.5 Å². The third kappa shape index (κ3) is 13.1. The van der Waals surface area contributed by atoms with Gasteiger partial charge in [-0.25, -0.2) is 48.5 Å². The molecule has 300 valence electrons. The van der Waals surface area contributed by atoms with Gasteiger partial charge in [0.15, 0.2) is 0 Å². The maximum Gasteiger partial charge on any atom is 1.00 e. The zero-order chi connectivity index (χ0) is 42.4. The third-order valence-corrected chi connectivity index (χ3v) is 12.2. The fraction of sp³-hybridized carbons (Fsp3) is 0.0571. The van der Waals surface area contributed by atoms with Gasteiger partial charge in [-0.15, -0.1) is 0 Å². The standard InChI is InChI=1S/C35H26N4O15S4.4Na/c40-33(38-31-25-7-3-1-5-23(25)27(55(43,44)45)17-29(31)57(49,50)51)19-9-13-21(14-10-19)36-35(42)37-22-15-11-20(12-16-22)34(41)39-32-26-8-4-2-6-24(26)28(56(46,47)48)18-30(32)58(52,53)54;;;;/h1-18,27-28H,(H2,36,37,42)(H,43,44,45)(H,46,47,48)(H,49,50,51)(H,52,53,54);;;;/q;4*+1/p-4. The van der Waals surface area contributed by atoms with Crippen molar-refractivity contribution < 1.29 is 184 Å². The van der Waals surface area contributed by atoms with E-state index in [1.807, 2.05) is 0 Å². The second-order valence-electron chi connectivity index (χ2n) is 12.2. The van der Waals surface area contributed by atoms with Crippen molar-refractivity contribution in [2.24, 2.45) is 9.98 Å². The van der Waals surface area contributed by atoms with Crippen molar-refractivity contribution in [1.29, 1.82) is 0 Å². The molecule has 0 fully saturated rings. The van der Waals surface area contributed by atoms with Crippen molar-refractivity contribution in [2.75, 3.05) is 10.6 Å². The Morgan fingerprint density at radius 2 is 0.774 bits per heavy atom. The van der Waals surface area contributed by atoms with Crippen molar-refractivity contribution in [3.8, 4) is 0 Å². The Morgan fingerprint density at radius 1 is 0.468 bits per heavy atom. The summed E-state index contributed by atoms with van der Waals surface area (Å²) >= 11 is 0. The zero-order valence-corrected chi connectivity index (χ0v) is 44.0. The largest absolute Gasteiger partial charge is 1.00 e. The molecule has 2 unspecified atom stereocenters. The Labute approximate surface area is 443 Å². The van der Waals surface area contributed by atoms with Crippen molar-refractivity contribution in [3.63, 3.8) is 0 Å². The van der Waals surface area contributed by atoms with E-state index in [4.69, 9.17) is 0 Å². The molecule has 0 aromatic heterocycles. The van der Waals surface area contributed by atoms with E-state index in [0.29, 0.717) is 12.2 Å². The van der Waals surface area contributed by atoms with E-state index in [9.17, 15) is 66.3 Å². The van der Waals surface area contributed by atoms with Crippen LogP contribution in [0.4, 0.5) is 16.2 Å². The summed E-state index contributed by atoms with van der Waals surface area (Å²) < 4.78 is 144. The molecule has 2 N–H and O–H groups in total. The summed E-state index contributed by atoms with van der Waals surface area (Å²) in [5.74, 6) is -2.12. The summed E-state index contributed by atoms with van der Waals surface area (Å²) in [6.45, 7) is 0. The molecule has 0 saturated heterocycles. The molecule has 4 aromatic carbocycles. The number of rotatable bonds is 8. The van der Waals surface area contributed by atoms with Crippen LogP contribution in [0.15, 0.2) is 129 Å². The summed E-state index contributed by atoms with van der Waals surface area (Å²) in [4.78, 5) is 44.1. The van der Waals surface area contributed by atoms with E-state index >= 15 is 0 Å². The van der Waals surface area contributed by atoms with Crippen molar-refractivity contribution in [1.82, 2.24) is 0 Å². The van der Waals surface area contributed by atoms with Crippen LogP contribution in [0.25, 0.3) is 0 Å². The number of nitrogens with one attached hydrogen (secondary N) is 2. The normalized spacial score (nSPS) is 17.2.